The first-order valence-corrected chi connectivity index (χ1v) is 3.66. The van der Waals surface area contributed by atoms with Crippen LogP contribution in [0.1, 0.15) is 34.1 Å². The summed E-state index contributed by atoms with van der Waals surface area (Å²) < 4.78 is 0. The van der Waals surface area contributed by atoms with Crippen molar-refractivity contribution in [1.29, 1.82) is 0 Å². The maximum atomic E-state index is 9.79. The first kappa shape index (κ1) is 11.3. The molecule has 0 radical (unpaired) electrons. The molecule has 1 N–H and O–H groups in total. The molecule has 0 aliphatic carbocycles. The Labute approximate surface area is 57.6 Å². The van der Waals surface area contributed by atoms with Gasteiger partial charge in [-0.05, 0) is 0 Å². The van der Waals surface area contributed by atoms with E-state index in [2.05, 4.69) is 5.32 Å². The Bertz CT molecular complexity index is 55.9. The van der Waals surface area contributed by atoms with Gasteiger partial charge in [-0.2, -0.15) is 0 Å². The highest BCUT2D eigenvalue weighted by molar-refractivity contribution is 5.81. The van der Waals surface area contributed by atoms with Gasteiger partial charge in [0.15, 0.2) is 0 Å². The third kappa shape index (κ3) is 7.47. The van der Waals surface area contributed by atoms with Crippen molar-refractivity contribution in [2.75, 3.05) is 6.54 Å². The fraction of sp³-hybridized carbons (Fsp3) is 0.857. The highest BCUT2D eigenvalue weighted by Gasteiger charge is 2.07. The van der Waals surface area contributed by atoms with Gasteiger partial charge in [0.2, 0.25) is 5.91 Å². The predicted octanol–water partition coefficient (Wildman–Crippen LogP) is 1.56. The Hall–Kier alpha value is -0.530. The molecule has 1 fully saturated rings. The smallest absolute Gasteiger partial charge is 0.221 e. The lowest BCUT2D eigenvalue weighted by atomic mass is 10.3. The van der Waals surface area contributed by atoms with Crippen molar-refractivity contribution in [2.24, 2.45) is 0 Å². The molecule has 1 heterocycles. The predicted molar refractivity (Wildman–Crippen MR) is 40.3 cm³/mol. The molecule has 1 aliphatic heterocycles. The van der Waals surface area contributed by atoms with Crippen molar-refractivity contribution in [3.63, 3.8) is 0 Å². The van der Waals surface area contributed by atoms with Crippen LogP contribution in [0, 0.1) is 0 Å². The second-order valence-electron chi connectivity index (χ2n) is 1.10. The summed E-state index contributed by atoms with van der Waals surface area (Å²) in [6.45, 7) is 8.89. The van der Waals surface area contributed by atoms with Gasteiger partial charge in [-0.25, -0.2) is 0 Å². The molecule has 1 rings (SSSR count). The molecule has 2 heteroatoms. The third-order valence-corrected chi connectivity index (χ3v) is 0.674. The van der Waals surface area contributed by atoms with Gasteiger partial charge < -0.3 is 5.32 Å². The number of nitrogens with one attached hydrogen (secondary N) is 1. The lowest BCUT2D eigenvalue weighted by Gasteiger charge is -2.10. The molecule has 0 unspecified atom stereocenters. The average Bonchev–Trinajstić information content (AvgIpc) is 1.93. The molecule has 0 bridgehead atoms. The minimum absolute atomic E-state index is 0.185. The average molecular weight is 131 g/mol. The Morgan fingerprint density at radius 2 is 1.44 bits per heavy atom. The van der Waals surface area contributed by atoms with Gasteiger partial charge in [0.1, 0.15) is 0 Å². The Balaban J connectivity index is 0. The molecule has 0 aromatic heterocycles. The molecule has 2 nitrogen and oxygen atoms in total. The largest absolute Gasteiger partial charge is 0.356 e. The van der Waals surface area contributed by atoms with E-state index in [1.54, 1.807) is 0 Å². The molecule has 0 saturated carbocycles. The molecule has 1 saturated heterocycles. The van der Waals surface area contributed by atoms with Crippen molar-refractivity contribution < 1.29 is 4.79 Å². The summed E-state index contributed by atoms with van der Waals surface area (Å²) in [5.41, 5.74) is 0. The Morgan fingerprint density at radius 3 is 1.44 bits per heavy atom. The summed E-state index contributed by atoms with van der Waals surface area (Å²) in [4.78, 5) is 9.79. The van der Waals surface area contributed by atoms with E-state index in [1.807, 2.05) is 27.7 Å². The van der Waals surface area contributed by atoms with E-state index in [9.17, 15) is 4.79 Å². The van der Waals surface area contributed by atoms with Gasteiger partial charge in [0, 0.05) is 13.0 Å². The van der Waals surface area contributed by atoms with E-state index in [0.717, 1.165) is 13.0 Å². The lowest BCUT2D eigenvalue weighted by molar-refractivity contribution is -0.125. The number of carbonyl (C=O) groups is 1. The summed E-state index contributed by atoms with van der Waals surface area (Å²) in [5, 5.41) is 2.57. The van der Waals surface area contributed by atoms with Crippen molar-refractivity contribution in [2.45, 2.75) is 34.1 Å². The van der Waals surface area contributed by atoms with Crippen LogP contribution in [0.4, 0.5) is 0 Å². The van der Waals surface area contributed by atoms with E-state index >= 15 is 0 Å². The maximum Gasteiger partial charge on any atom is 0.221 e. The second kappa shape index (κ2) is 10.5. The standard InChI is InChI=1S/C3H5NO.2C2H6/c5-3-1-2-4-3;2*1-2/h1-2H2,(H,4,5);2*1-2H3. The van der Waals surface area contributed by atoms with Crippen LogP contribution in [0.25, 0.3) is 0 Å². The number of hydrogen-bond donors (Lipinski definition) is 1. The quantitative estimate of drug-likeness (QED) is 0.497. The Morgan fingerprint density at radius 1 is 1.22 bits per heavy atom. The van der Waals surface area contributed by atoms with E-state index in [-0.39, 0.29) is 5.91 Å². The zero-order chi connectivity index (χ0) is 7.70. The van der Waals surface area contributed by atoms with E-state index < -0.39 is 0 Å². The SMILES string of the molecule is CC.CC.O=C1CCN1. The molecule has 0 aromatic rings. The molecule has 56 valence electrons. The van der Waals surface area contributed by atoms with Crippen LogP contribution in [0.2, 0.25) is 0 Å². The molecule has 0 spiro atoms. The van der Waals surface area contributed by atoms with Crippen LogP contribution < -0.4 is 5.32 Å². The Kier molecular flexibility index (Phi) is 13.1. The van der Waals surface area contributed by atoms with Crippen LogP contribution in [-0.4, -0.2) is 12.5 Å². The molecule has 1 aliphatic rings. The minimum atomic E-state index is 0.185. The van der Waals surface area contributed by atoms with Crippen LogP contribution in [0.3, 0.4) is 0 Å². The molecular weight excluding hydrogens is 114 g/mol. The van der Waals surface area contributed by atoms with Gasteiger partial charge in [-0.1, -0.05) is 27.7 Å². The first-order valence-electron chi connectivity index (χ1n) is 3.66. The van der Waals surface area contributed by atoms with Crippen LogP contribution in [0.15, 0.2) is 0 Å². The van der Waals surface area contributed by atoms with E-state index in [4.69, 9.17) is 0 Å². The molecule has 9 heavy (non-hydrogen) atoms. The number of β-lactam (4-membered cyclic amide) rings is 1. The van der Waals surface area contributed by atoms with Gasteiger partial charge in [-0.15, -0.1) is 0 Å². The molecule has 0 aromatic carbocycles. The van der Waals surface area contributed by atoms with Crippen molar-refractivity contribution in [3.05, 3.63) is 0 Å². The second-order valence-corrected chi connectivity index (χ2v) is 1.10. The monoisotopic (exact) mass is 131 g/mol. The van der Waals surface area contributed by atoms with Gasteiger partial charge in [-0.3, -0.25) is 4.79 Å². The normalized spacial score (nSPS) is 12.7. The van der Waals surface area contributed by atoms with Gasteiger partial charge in [0.25, 0.3) is 0 Å². The third-order valence-electron chi connectivity index (χ3n) is 0.674. The van der Waals surface area contributed by atoms with Crippen molar-refractivity contribution >= 4 is 5.91 Å². The number of hydrogen-bond acceptors (Lipinski definition) is 1. The van der Waals surface area contributed by atoms with Crippen molar-refractivity contribution in [3.8, 4) is 0 Å². The van der Waals surface area contributed by atoms with Crippen LogP contribution >= 0.6 is 0 Å². The van der Waals surface area contributed by atoms with Crippen LogP contribution in [-0.2, 0) is 4.79 Å². The summed E-state index contributed by atoms with van der Waals surface area (Å²) in [6.07, 6.45) is 0.736. The van der Waals surface area contributed by atoms with Crippen LogP contribution in [0.5, 0.6) is 0 Å². The number of rotatable bonds is 0. The molecule has 1 amide bonds. The minimum Gasteiger partial charge on any atom is -0.356 e. The molecular formula is C7H17NO. The number of carbonyl (C=O) groups excluding carboxylic acids is 1. The number of amides is 1. The fourth-order valence-electron chi connectivity index (χ4n) is 0.227. The highest BCUT2D eigenvalue weighted by atomic mass is 16.2. The highest BCUT2D eigenvalue weighted by Crippen LogP contribution is 1.85. The van der Waals surface area contributed by atoms with Crippen molar-refractivity contribution in [1.82, 2.24) is 5.32 Å². The maximum absolute atomic E-state index is 9.79. The van der Waals surface area contributed by atoms with Gasteiger partial charge in [0.05, 0.1) is 0 Å². The van der Waals surface area contributed by atoms with E-state index in [0.29, 0.717) is 0 Å². The summed E-state index contributed by atoms with van der Waals surface area (Å²) in [7, 11) is 0. The fourth-order valence-corrected chi connectivity index (χ4v) is 0.227. The first-order chi connectivity index (χ1) is 4.39. The lowest BCUT2D eigenvalue weighted by Crippen LogP contribution is -2.37. The van der Waals surface area contributed by atoms with E-state index in [1.165, 1.54) is 0 Å². The van der Waals surface area contributed by atoms with Gasteiger partial charge >= 0.3 is 0 Å². The zero-order valence-corrected chi connectivity index (χ0v) is 6.82. The zero-order valence-electron chi connectivity index (χ0n) is 6.82. The topological polar surface area (TPSA) is 29.1 Å². The summed E-state index contributed by atoms with van der Waals surface area (Å²) in [6, 6.07) is 0. The summed E-state index contributed by atoms with van der Waals surface area (Å²) >= 11 is 0. The summed E-state index contributed by atoms with van der Waals surface area (Å²) in [5.74, 6) is 0.185. The molecule has 0 atom stereocenters.